The molecule has 0 bridgehead atoms. The van der Waals surface area contributed by atoms with Gasteiger partial charge < -0.3 is 16.0 Å². The molecule has 1 unspecified atom stereocenters. The van der Waals surface area contributed by atoms with Gasteiger partial charge in [0.05, 0.1) is 0 Å². The van der Waals surface area contributed by atoms with Crippen LogP contribution in [0.2, 0.25) is 0 Å². The third-order valence-electron chi connectivity index (χ3n) is 1.52. The van der Waals surface area contributed by atoms with Crippen LogP contribution >= 0.6 is 0 Å². The molecule has 4 nitrogen and oxygen atoms in total. The Morgan fingerprint density at radius 1 is 1.73 bits per heavy atom. The molecule has 11 heavy (non-hydrogen) atoms. The van der Waals surface area contributed by atoms with Crippen molar-refractivity contribution in [1.29, 1.82) is 0 Å². The molecule has 0 spiro atoms. The molecule has 0 saturated heterocycles. The first kappa shape index (κ1) is 8.07. The molecule has 0 saturated carbocycles. The maximum absolute atomic E-state index is 5.44. The van der Waals surface area contributed by atoms with Gasteiger partial charge in [0.25, 0.3) is 0 Å². The van der Waals surface area contributed by atoms with Crippen LogP contribution in [0, 0.1) is 0 Å². The van der Waals surface area contributed by atoms with Gasteiger partial charge in [-0.25, -0.2) is 0 Å². The van der Waals surface area contributed by atoms with E-state index < -0.39 is 0 Å². The number of rotatable bonds is 2. The lowest BCUT2D eigenvalue weighted by atomic mass is 10.4. The zero-order chi connectivity index (χ0) is 8.27. The highest BCUT2D eigenvalue weighted by atomic mass is 15.3. The number of hydrogen-bond donors (Lipinski definition) is 2. The van der Waals surface area contributed by atoms with E-state index in [1.165, 1.54) is 0 Å². The molecule has 1 aliphatic heterocycles. The monoisotopic (exact) mass is 154 g/mol. The summed E-state index contributed by atoms with van der Waals surface area (Å²) >= 11 is 0. The van der Waals surface area contributed by atoms with E-state index >= 15 is 0 Å². The highest BCUT2D eigenvalue weighted by molar-refractivity contribution is 5.73. The predicted octanol–water partition coefficient (Wildman–Crippen LogP) is -0.652. The van der Waals surface area contributed by atoms with Gasteiger partial charge in [0.2, 0.25) is 0 Å². The summed E-state index contributed by atoms with van der Waals surface area (Å²) in [6.45, 7) is 0.529. The summed E-state index contributed by atoms with van der Waals surface area (Å²) in [6, 6.07) is 0. The Balaban J connectivity index is 2.57. The predicted molar refractivity (Wildman–Crippen MR) is 46.2 cm³/mol. The fourth-order valence-electron chi connectivity index (χ4n) is 0.872. The van der Waals surface area contributed by atoms with Crippen LogP contribution in [0.25, 0.3) is 0 Å². The van der Waals surface area contributed by atoms with Crippen molar-refractivity contribution in [3.63, 3.8) is 0 Å². The molecule has 62 valence electrons. The van der Waals surface area contributed by atoms with Gasteiger partial charge in [0.15, 0.2) is 0 Å². The van der Waals surface area contributed by atoms with E-state index in [2.05, 4.69) is 10.3 Å². The van der Waals surface area contributed by atoms with Crippen LogP contribution in [-0.2, 0) is 0 Å². The molecular formula is C7H14N4. The Morgan fingerprint density at radius 2 is 2.45 bits per heavy atom. The number of nitrogens with two attached hydrogens (primary N) is 1. The van der Waals surface area contributed by atoms with E-state index in [1.807, 2.05) is 25.1 Å². The Kier molecular flexibility index (Phi) is 2.48. The minimum Gasteiger partial charge on any atom is -0.364 e. The van der Waals surface area contributed by atoms with Crippen molar-refractivity contribution in [2.45, 2.75) is 6.17 Å². The quantitative estimate of drug-likeness (QED) is 0.555. The standard InChI is InChI=1S/C7H14N4/c1-11(2)7-3-4-9-6(5-8)10-7/h3-4,6,10H,5,8H2,1-2H3. The third-order valence-corrected chi connectivity index (χ3v) is 1.52. The van der Waals surface area contributed by atoms with Crippen LogP contribution in [0.4, 0.5) is 0 Å². The highest BCUT2D eigenvalue weighted by Crippen LogP contribution is 1.99. The Hall–Kier alpha value is -1.03. The average Bonchev–Trinajstić information content (AvgIpc) is 2.05. The van der Waals surface area contributed by atoms with Crippen molar-refractivity contribution >= 4 is 6.21 Å². The summed E-state index contributed by atoms with van der Waals surface area (Å²) in [5, 5.41) is 3.17. The summed E-state index contributed by atoms with van der Waals surface area (Å²) in [5.41, 5.74) is 5.44. The third kappa shape index (κ3) is 1.94. The Labute approximate surface area is 66.8 Å². The van der Waals surface area contributed by atoms with Crippen LogP contribution in [-0.4, -0.2) is 37.9 Å². The van der Waals surface area contributed by atoms with Crippen LogP contribution in [0.3, 0.4) is 0 Å². The number of nitrogens with one attached hydrogen (secondary N) is 1. The minimum absolute atomic E-state index is 0.0393. The summed E-state index contributed by atoms with van der Waals surface area (Å²) in [4.78, 5) is 6.11. The number of aliphatic imine (C=N–C) groups is 1. The Morgan fingerprint density at radius 3 is 3.00 bits per heavy atom. The Bertz CT molecular complexity index is 183. The van der Waals surface area contributed by atoms with Gasteiger partial charge in [-0.05, 0) is 6.08 Å². The first-order valence-corrected chi connectivity index (χ1v) is 3.61. The topological polar surface area (TPSA) is 53.6 Å². The highest BCUT2D eigenvalue weighted by Gasteiger charge is 2.08. The van der Waals surface area contributed by atoms with Crippen molar-refractivity contribution < 1.29 is 0 Å². The van der Waals surface area contributed by atoms with E-state index in [9.17, 15) is 0 Å². The summed E-state index contributed by atoms with van der Waals surface area (Å²) in [7, 11) is 3.96. The van der Waals surface area contributed by atoms with Gasteiger partial charge in [-0.3, -0.25) is 4.99 Å². The average molecular weight is 154 g/mol. The molecule has 1 heterocycles. The van der Waals surface area contributed by atoms with Gasteiger partial charge in [0, 0.05) is 26.9 Å². The molecule has 0 aromatic carbocycles. The summed E-state index contributed by atoms with van der Waals surface area (Å²) in [5.74, 6) is 1.05. The van der Waals surface area contributed by atoms with E-state index in [0.717, 1.165) is 5.82 Å². The van der Waals surface area contributed by atoms with Gasteiger partial charge in [-0.15, -0.1) is 0 Å². The SMILES string of the molecule is CN(C)C1=CC=NC(CN)N1. The molecule has 3 N–H and O–H groups in total. The molecule has 1 atom stereocenters. The largest absolute Gasteiger partial charge is 0.364 e. The van der Waals surface area contributed by atoms with E-state index in [0.29, 0.717) is 6.54 Å². The zero-order valence-corrected chi connectivity index (χ0v) is 6.91. The first-order chi connectivity index (χ1) is 5.24. The fourth-order valence-corrected chi connectivity index (χ4v) is 0.872. The number of allylic oxidation sites excluding steroid dienone is 1. The van der Waals surface area contributed by atoms with Crippen LogP contribution in [0.15, 0.2) is 16.9 Å². The van der Waals surface area contributed by atoms with Gasteiger partial charge in [-0.2, -0.15) is 0 Å². The molecule has 0 radical (unpaired) electrons. The molecular weight excluding hydrogens is 140 g/mol. The second-order valence-corrected chi connectivity index (χ2v) is 2.64. The van der Waals surface area contributed by atoms with Crippen LogP contribution in [0.5, 0.6) is 0 Å². The van der Waals surface area contributed by atoms with Gasteiger partial charge >= 0.3 is 0 Å². The molecule has 4 heteroatoms. The number of nitrogens with zero attached hydrogens (tertiary/aromatic N) is 2. The lowest BCUT2D eigenvalue weighted by Crippen LogP contribution is -2.40. The molecule has 0 fully saturated rings. The molecule has 0 aromatic heterocycles. The zero-order valence-electron chi connectivity index (χ0n) is 6.91. The molecule has 0 amide bonds. The molecule has 0 aliphatic carbocycles. The minimum atomic E-state index is 0.0393. The van der Waals surface area contributed by atoms with Crippen molar-refractivity contribution in [2.24, 2.45) is 10.7 Å². The van der Waals surface area contributed by atoms with Crippen LogP contribution in [0.1, 0.15) is 0 Å². The maximum Gasteiger partial charge on any atom is 0.132 e. The summed E-state index contributed by atoms with van der Waals surface area (Å²) in [6.07, 6.45) is 3.74. The first-order valence-electron chi connectivity index (χ1n) is 3.61. The molecule has 1 aliphatic rings. The van der Waals surface area contributed by atoms with Gasteiger partial charge in [0.1, 0.15) is 12.0 Å². The van der Waals surface area contributed by atoms with E-state index in [4.69, 9.17) is 5.73 Å². The smallest absolute Gasteiger partial charge is 0.132 e. The van der Waals surface area contributed by atoms with Crippen molar-refractivity contribution in [2.75, 3.05) is 20.6 Å². The van der Waals surface area contributed by atoms with Crippen molar-refractivity contribution in [3.8, 4) is 0 Å². The summed E-state index contributed by atoms with van der Waals surface area (Å²) < 4.78 is 0. The van der Waals surface area contributed by atoms with Crippen molar-refractivity contribution in [1.82, 2.24) is 10.2 Å². The van der Waals surface area contributed by atoms with Crippen molar-refractivity contribution in [3.05, 3.63) is 11.9 Å². The molecule has 0 aromatic rings. The maximum atomic E-state index is 5.44. The fraction of sp³-hybridized carbons (Fsp3) is 0.571. The van der Waals surface area contributed by atoms with Gasteiger partial charge in [-0.1, -0.05) is 0 Å². The second kappa shape index (κ2) is 3.39. The van der Waals surface area contributed by atoms with Crippen LogP contribution < -0.4 is 11.1 Å². The van der Waals surface area contributed by atoms with E-state index in [-0.39, 0.29) is 6.17 Å². The lowest BCUT2D eigenvalue weighted by Gasteiger charge is -2.24. The second-order valence-electron chi connectivity index (χ2n) is 2.64. The normalized spacial score (nSPS) is 22.5. The van der Waals surface area contributed by atoms with E-state index in [1.54, 1.807) is 6.21 Å². The lowest BCUT2D eigenvalue weighted by molar-refractivity contribution is 0.425. The molecule has 1 rings (SSSR count). The number of hydrogen-bond acceptors (Lipinski definition) is 4.